The molecule has 2 aliphatic rings. The first-order chi connectivity index (χ1) is 18.8. The summed E-state index contributed by atoms with van der Waals surface area (Å²) in [6, 6.07) is 1.48. The van der Waals surface area contributed by atoms with Crippen LogP contribution >= 0.6 is 0 Å². The molecule has 0 bridgehead atoms. The Morgan fingerprint density at radius 2 is 1.82 bits per heavy atom. The number of alkyl halides is 6. The number of aromatic nitrogens is 5. The number of likely N-dealkylation sites (N-methyl/N-ethyl adjacent to an activating group) is 1. The van der Waals surface area contributed by atoms with Crippen LogP contribution in [0.25, 0.3) is 0 Å². The molecule has 40 heavy (non-hydrogen) atoms. The van der Waals surface area contributed by atoms with Gasteiger partial charge in [0.2, 0.25) is 17.7 Å². The summed E-state index contributed by atoms with van der Waals surface area (Å²) in [7, 11) is 1.36. The van der Waals surface area contributed by atoms with E-state index < -0.39 is 35.7 Å². The van der Waals surface area contributed by atoms with Crippen molar-refractivity contribution in [2.45, 2.75) is 37.8 Å². The molecule has 5 rings (SSSR count). The fourth-order valence-corrected chi connectivity index (χ4v) is 4.37. The van der Waals surface area contributed by atoms with Crippen molar-refractivity contribution in [3.05, 3.63) is 60.0 Å². The van der Waals surface area contributed by atoms with Crippen molar-refractivity contribution in [1.29, 1.82) is 0 Å². The maximum atomic E-state index is 13.5. The van der Waals surface area contributed by atoms with E-state index in [1.807, 2.05) is 0 Å². The Hall–Kier alpha value is -4.50. The van der Waals surface area contributed by atoms with Crippen molar-refractivity contribution in [2.24, 2.45) is 0 Å². The van der Waals surface area contributed by atoms with E-state index in [1.54, 1.807) is 6.07 Å². The Bertz CT molecular complexity index is 1440. The number of nitrogens with one attached hydrogen (secondary N) is 1. The highest BCUT2D eigenvalue weighted by molar-refractivity contribution is 6.07. The van der Waals surface area contributed by atoms with Gasteiger partial charge in [-0.3, -0.25) is 4.79 Å². The number of nitrogens with zero attached hydrogens (tertiary/aromatic N) is 7. The summed E-state index contributed by atoms with van der Waals surface area (Å²) in [6.45, 7) is 3.57. The topological polar surface area (TPSA) is 109 Å². The van der Waals surface area contributed by atoms with E-state index in [4.69, 9.17) is 4.74 Å². The third kappa shape index (κ3) is 5.20. The summed E-state index contributed by atoms with van der Waals surface area (Å²) in [4.78, 5) is 34.9. The number of anilines is 3. The molecule has 16 heteroatoms. The number of aryl methyl sites for hydroxylation is 1. The maximum absolute atomic E-state index is 13.5. The highest BCUT2D eigenvalue weighted by atomic mass is 19.4. The maximum Gasteiger partial charge on any atom is 0.451 e. The van der Waals surface area contributed by atoms with Gasteiger partial charge >= 0.3 is 12.4 Å². The molecule has 2 aliphatic heterocycles. The Balaban J connectivity index is 1.31. The first-order valence-corrected chi connectivity index (χ1v) is 11.8. The molecule has 1 N–H and O–H groups in total. The molecule has 0 saturated carbocycles. The van der Waals surface area contributed by atoms with E-state index in [0.29, 0.717) is 29.8 Å². The van der Waals surface area contributed by atoms with Crippen LogP contribution in [0.15, 0.2) is 42.9 Å². The molecular weight excluding hydrogens is 546 g/mol. The van der Waals surface area contributed by atoms with Gasteiger partial charge in [0, 0.05) is 32.4 Å². The lowest BCUT2D eigenvalue weighted by atomic mass is 9.98. The quantitative estimate of drug-likeness (QED) is 0.345. The van der Waals surface area contributed by atoms with Crippen molar-refractivity contribution < 1.29 is 35.9 Å². The lowest BCUT2D eigenvalue weighted by Crippen LogP contribution is -2.56. The van der Waals surface area contributed by atoms with Gasteiger partial charge in [0.15, 0.2) is 11.6 Å². The van der Waals surface area contributed by atoms with Gasteiger partial charge in [0.25, 0.3) is 5.91 Å². The van der Waals surface area contributed by atoms with Gasteiger partial charge in [0.1, 0.15) is 11.7 Å². The first kappa shape index (κ1) is 27.1. The molecule has 5 heterocycles. The van der Waals surface area contributed by atoms with Crippen LogP contribution in [0, 0.1) is 0 Å². The average Bonchev–Trinajstić information content (AvgIpc) is 2.90. The van der Waals surface area contributed by atoms with Gasteiger partial charge in [-0.25, -0.2) is 19.9 Å². The molecule has 0 unspecified atom stereocenters. The Morgan fingerprint density at radius 3 is 2.45 bits per heavy atom. The zero-order valence-electron chi connectivity index (χ0n) is 20.7. The summed E-state index contributed by atoms with van der Waals surface area (Å²) in [6.07, 6.45) is -5.17. The second-order valence-corrected chi connectivity index (χ2v) is 9.00. The second-order valence-electron chi connectivity index (χ2n) is 9.00. The molecule has 1 amide bonds. The second kappa shape index (κ2) is 9.91. The van der Waals surface area contributed by atoms with Crippen LogP contribution in [-0.2, 0) is 23.9 Å². The summed E-state index contributed by atoms with van der Waals surface area (Å²) >= 11 is 0. The Labute approximate surface area is 222 Å². The number of hydrogen-bond acceptors (Lipinski definition) is 9. The van der Waals surface area contributed by atoms with Gasteiger partial charge in [-0.2, -0.15) is 31.3 Å². The van der Waals surface area contributed by atoms with Crippen LogP contribution in [0.4, 0.5) is 43.8 Å². The predicted molar refractivity (Wildman–Crippen MR) is 129 cm³/mol. The highest BCUT2D eigenvalue weighted by Gasteiger charge is 2.49. The van der Waals surface area contributed by atoms with Crippen molar-refractivity contribution >= 4 is 23.4 Å². The third-order valence-electron chi connectivity index (χ3n) is 6.27. The van der Waals surface area contributed by atoms with Crippen LogP contribution in [-0.4, -0.2) is 56.6 Å². The number of carbonyl (C=O) groups is 1. The van der Waals surface area contributed by atoms with E-state index >= 15 is 0 Å². The van der Waals surface area contributed by atoms with Gasteiger partial charge < -0.3 is 19.9 Å². The minimum Gasteiger partial charge on any atom is -0.436 e. The van der Waals surface area contributed by atoms with Gasteiger partial charge in [-0.15, -0.1) is 0 Å². The first-order valence-electron chi connectivity index (χ1n) is 11.8. The fraction of sp³-hybridized carbons (Fsp3) is 0.333. The van der Waals surface area contributed by atoms with E-state index in [1.165, 1.54) is 29.1 Å². The molecule has 0 fully saturated rings. The van der Waals surface area contributed by atoms with Crippen molar-refractivity contribution in [2.75, 3.05) is 28.7 Å². The number of pyridine rings is 1. The van der Waals surface area contributed by atoms with E-state index in [2.05, 4.69) is 36.8 Å². The number of hydrogen-bond donors (Lipinski definition) is 1. The molecule has 0 aliphatic carbocycles. The molecule has 0 saturated heterocycles. The van der Waals surface area contributed by atoms with Crippen molar-refractivity contribution in [3.8, 4) is 11.6 Å². The number of amides is 1. The summed E-state index contributed by atoms with van der Waals surface area (Å²) < 4.78 is 83.6. The summed E-state index contributed by atoms with van der Waals surface area (Å²) in [5.41, 5.74) is 0.406. The largest absolute Gasteiger partial charge is 0.451 e. The van der Waals surface area contributed by atoms with Gasteiger partial charge in [0.05, 0.1) is 23.7 Å². The normalized spacial score (nSPS) is 17.0. The molecule has 0 radical (unpaired) electrons. The van der Waals surface area contributed by atoms with E-state index in [-0.39, 0.29) is 36.5 Å². The SMILES string of the molecule is C=C([C@@H]1C(=O)N2CCCc3nc(NCc4ccc(Oc5cnc(C(F)(F)F)nc5)nc4)nc(c32)N1C)C(F)(F)F. The number of halogens is 6. The fourth-order valence-electron chi connectivity index (χ4n) is 4.37. The van der Waals surface area contributed by atoms with Crippen LogP contribution in [0.3, 0.4) is 0 Å². The molecule has 3 aromatic heterocycles. The Morgan fingerprint density at radius 1 is 1.10 bits per heavy atom. The zero-order chi connectivity index (χ0) is 28.8. The standard InChI is InChI=1S/C24H20F6N8O2/c1-12(23(25,26)27)17-20(39)38-7-3-4-15-18(38)19(37(17)2)36-22(35-15)34-9-13-5-6-16(31-8-13)40-14-10-32-21(33-11-14)24(28,29)30/h5-6,8,10-11,17H,1,3-4,7,9H2,2H3,(H,34,35,36)/t17-/m1/s1. The molecule has 0 aromatic carbocycles. The number of rotatable bonds is 6. The molecule has 1 atom stereocenters. The van der Waals surface area contributed by atoms with E-state index in [0.717, 1.165) is 12.4 Å². The molecule has 10 nitrogen and oxygen atoms in total. The van der Waals surface area contributed by atoms with Crippen LogP contribution in [0.5, 0.6) is 11.6 Å². The van der Waals surface area contributed by atoms with Gasteiger partial charge in [-0.05, 0) is 18.4 Å². The minimum atomic E-state index is -4.76. The monoisotopic (exact) mass is 566 g/mol. The van der Waals surface area contributed by atoms with Crippen LogP contribution < -0.4 is 19.9 Å². The zero-order valence-corrected chi connectivity index (χ0v) is 20.7. The minimum absolute atomic E-state index is 0.0362. The molecule has 210 valence electrons. The number of carbonyl (C=O) groups excluding carboxylic acids is 1. The van der Waals surface area contributed by atoms with Gasteiger partial charge in [-0.1, -0.05) is 12.6 Å². The average molecular weight is 566 g/mol. The highest BCUT2D eigenvalue weighted by Crippen LogP contribution is 2.43. The van der Waals surface area contributed by atoms with Crippen molar-refractivity contribution in [3.63, 3.8) is 0 Å². The van der Waals surface area contributed by atoms with Crippen LogP contribution in [0.2, 0.25) is 0 Å². The summed E-state index contributed by atoms with van der Waals surface area (Å²) in [5, 5.41) is 3.02. The predicted octanol–water partition coefficient (Wildman–Crippen LogP) is 4.30. The van der Waals surface area contributed by atoms with Crippen LogP contribution in [0.1, 0.15) is 23.5 Å². The smallest absolute Gasteiger partial charge is 0.436 e. The van der Waals surface area contributed by atoms with Crippen molar-refractivity contribution in [1.82, 2.24) is 24.9 Å². The molecule has 3 aromatic rings. The number of ether oxygens (including phenoxy) is 1. The summed E-state index contributed by atoms with van der Waals surface area (Å²) in [5.74, 6) is -1.63. The lowest BCUT2D eigenvalue weighted by Gasteiger charge is -2.43. The molecule has 0 spiro atoms. The Kier molecular flexibility index (Phi) is 6.71. The molecular formula is C24H20F6N8O2. The van der Waals surface area contributed by atoms with E-state index in [9.17, 15) is 31.1 Å². The third-order valence-corrected chi connectivity index (χ3v) is 6.27. The lowest BCUT2D eigenvalue weighted by molar-refractivity contribution is -0.145.